The van der Waals surface area contributed by atoms with Crippen molar-refractivity contribution in [1.82, 2.24) is 19.5 Å². The zero-order valence-electron chi connectivity index (χ0n) is 20.6. The fraction of sp³-hybridized carbons (Fsp3) is 0.231. The number of carbonyl (C=O) groups is 3. The van der Waals surface area contributed by atoms with Crippen LogP contribution in [0.25, 0.3) is 17.0 Å². The van der Waals surface area contributed by atoms with Gasteiger partial charge in [-0.3, -0.25) is 24.1 Å². The minimum atomic E-state index is -3.83. The van der Waals surface area contributed by atoms with Crippen LogP contribution in [0.15, 0.2) is 69.2 Å². The number of aromatic nitrogens is 1. The number of amides is 3. The van der Waals surface area contributed by atoms with Crippen molar-refractivity contribution in [2.45, 2.75) is 4.90 Å². The summed E-state index contributed by atoms with van der Waals surface area (Å²) in [6.45, 7) is 0.882. The van der Waals surface area contributed by atoms with Gasteiger partial charge in [-0.05, 0) is 41.6 Å². The molecule has 2 N–H and O–H groups in total. The molecule has 1 aromatic heterocycles. The van der Waals surface area contributed by atoms with Gasteiger partial charge in [0.25, 0.3) is 17.1 Å². The molecule has 2 aromatic carbocycles. The van der Waals surface area contributed by atoms with E-state index in [9.17, 15) is 27.6 Å². The standard InChI is InChI=1S/C26H24N4O7S2/c31-23-16-20(19-15-18(6-7-21(19)28-23)39(35,36)29-10-12-37-13-11-29)24(32)27-8-9-30-25(33)22(38-26(30)34)14-17-4-2-1-3-5-17/h1-7,14-16H,8-13H2,(H,27,32)(H,28,31)/b22-14-. The highest BCUT2D eigenvalue weighted by molar-refractivity contribution is 8.18. The van der Waals surface area contributed by atoms with Crippen molar-refractivity contribution < 1.29 is 27.5 Å². The summed E-state index contributed by atoms with van der Waals surface area (Å²) in [6, 6.07) is 14.4. The van der Waals surface area contributed by atoms with Gasteiger partial charge in [0.15, 0.2) is 0 Å². The van der Waals surface area contributed by atoms with Gasteiger partial charge < -0.3 is 15.0 Å². The fourth-order valence-electron chi connectivity index (χ4n) is 4.29. The number of nitrogens with one attached hydrogen (secondary N) is 2. The van der Waals surface area contributed by atoms with Crippen molar-refractivity contribution in [3.05, 3.63) is 81.0 Å². The van der Waals surface area contributed by atoms with Crippen molar-refractivity contribution in [2.24, 2.45) is 0 Å². The first-order chi connectivity index (χ1) is 18.7. The average molecular weight is 569 g/mol. The van der Waals surface area contributed by atoms with Crippen molar-refractivity contribution in [3.63, 3.8) is 0 Å². The van der Waals surface area contributed by atoms with E-state index in [0.29, 0.717) is 5.52 Å². The van der Waals surface area contributed by atoms with Gasteiger partial charge in [-0.1, -0.05) is 30.3 Å². The summed E-state index contributed by atoms with van der Waals surface area (Å²) in [5.74, 6) is -1.10. The van der Waals surface area contributed by atoms with Crippen LogP contribution < -0.4 is 10.9 Å². The van der Waals surface area contributed by atoms with Crippen LogP contribution in [0.5, 0.6) is 0 Å². The quantitative estimate of drug-likeness (QED) is 0.412. The highest BCUT2D eigenvalue weighted by Crippen LogP contribution is 2.32. The van der Waals surface area contributed by atoms with E-state index in [2.05, 4.69) is 10.3 Å². The minimum absolute atomic E-state index is 0.0129. The molecule has 13 heteroatoms. The lowest BCUT2D eigenvalue weighted by Gasteiger charge is -2.26. The predicted octanol–water partition coefficient (Wildman–Crippen LogP) is 2.02. The van der Waals surface area contributed by atoms with Gasteiger partial charge in [0.2, 0.25) is 15.6 Å². The number of ether oxygens (including phenoxy) is 1. The number of carbonyl (C=O) groups excluding carboxylic acids is 3. The third kappa shape index (κ3) is 5.66. The molecule has 0 aliphatic carbocycles. The average Bonchev–Trinajstić information content (AvgIpc) is 3.20. The Morgan fingerprint density at radius 2 is 1.79 bits per heavy atom. The fourth-order valence-corrected chi connectivity index (χ4v) is 6.59. The first-order valence-corrected chi connectivity index (χ1v) is 14.3. The van der Waals surface area contributed by atoms with Crippen LogP contribution in [0.1, 0.15) is 15.9 Å². The van der Waals surface area contributed by atoms with Crippen LogP contribution >= 0.6 is 11.8 Å². The van der Waals surface area contributed by atoms with E-state index in [1.165, 1.54) is 22.5 Å². The number of hydrogen-bond donors (Lipinski definition) is 2. The van der Waals surface area contributed by atoms with Gasteiger partial charge in [0.1, 0.15) is 0 Å². The molecule has 0 saturated carbocycles. The van der Waals surface area contributed by atoms with Crippen LogP contribution in [-0.4, -0.2) is 79.1 Å². The Morgan fingerprint density at radius 1 is 1.05 bits per heavy atom. The van der Waals surface area contributed by atoms with Crippen LogP contribution in [0, 0.1) is 0 Å². The first-order valence-electron chi connectivity index (χ1n) is 12.1. The summed E-state index contributed by atoms with van der Waals surface area (Å²) in [6.07, 6.45) is 1.63. The number of thioether (sulfide) groups is 1. The molecule has 2 saturated heterocycles. The Bertz CT molecular complexity index is 1650. The molecule has 0 atom stereocenters. The number of H-pyrrole nitrogens is 1. The summed E-state index contributed by atoms with van der Waals surface area (Å²) in [7, 11) is -3.83. The van der Waals surface area contributed by atoms with Gasteiger partial charge in [0.05, 0.1) is 28.6 Å². The molecule has 39 heavy (non-hydrogen) atoms. The molecule has 3 heterocycles. The Balaban J connectivity index is 1.32. The van der Waals surface area contributed by atoms with Crippen molar-refractivity contribution in [1.29, 1.82) is 0 Å². The summed E-state index contributed by atoms with van der Waals surface area (Å²) in [5.41, 5.74) is 0.525. The van der Waals surface area contributed by atoms with Gasteiger partial charge >= 0.3 is 0 Å². The first kappa shape index (κ1) is 26.8. The van der Waals surface area contributed by atoms with Crippen molar-refractivity contribution in [2.75, 3.05) is 39.4 Å². The maximum absolute atomic E-state index is 13.1. The van der Waals surface area contributed by atoms with Gasteiger partial charge in [-0.15, -0.1) is 0 Å². The Labute approximate surface area is 227 Å². The molecule has 5 rings (SSSR count). The highest BCUT2D eigenvalue weighted by atomic mass is 32.2. The van der Waals surface area contributed by atoms with E-state index in [1.54, 1.807) is 6.08 Å². The lowest BCUT2D eigenvalue weighted by molar-refractivity contribution is -0.122. The number of morpholine rings is 1. The lowest BCUT2D eigenvalue weighted by atomic mass is 10.1. The third-order valence-electron chi connectivity index (χ3n) is 6.26. The van der Waals surface area contributed by atoms with Crippen LogP contribution in [0.4, 0.5) is 4.79 Å². The molecule has 0 spiro atoms. The Morgan fingerprint density at radius 3 is 2.54 bits per heavy atom. The second-order valence-electron chi connectivity index (χ2n) is 8.77. The topological polar surface area (TPSA) is 146 Å². The SMILES string of the molecule is O=C(NCCN1C(=O)S/C(=C\c2ccccc2)C1=O)c1cc(=O)[nH]c2ccc(S(=O)(=O)N3CCOCC3)cc12. The molecule has 2 fully saturated rings. The monoisotopic (exact) mass is 568 g/mol. The summed E-state index contributed by atoms with van der Waals surface area (Å²) < 4.78 is 32.8. The van der Waals surface area contributed by atoms with Gasteiger partial charge in [-0.25, -0.2) is 8.42 Å². The molecule has 0 bridgehead atoms. The van der Waals surface area contributed by atoms with E-state index in [-0.39, 0.29) is 60.1 Å². The molecule has 0 radical (unpaired) electrons. The molecule has 3 aromatic rings. The number of benzene rings is 2. The molecule has 3 amide bonds. The number of aromatic amines is 1. The van der Waals surface area contributed by atoms with Crippen LogP contribution in [-0.2, 0) is 19.6 Å². The second kappa shape index (κ2) is 11.1. The number of nitrogens with zero attached hydrogens (tertiary/aromatic N) is 2. The molecule has 202 valence electrons. The zero-order chi connectivity index (χ0) is 27.6. The van der Waals surface area contributed by atoms with E-state index >= 15 is 0 Å². The number of imide groups is 1. The van der Waals surface area contributed by atoms with Gasteiger partial charge in [0, 0.05) is 43.1 Å². The second-order valence-corrected chi connectivity index (χ2v) is 11.7. The summed E-state index contributed by atoms with van der Waals surface area (Å²) in [4.78, 5) is 54.4. The Kier molecular flexibility index (Phi) is 7.66. The number of pyridine rings is 1. The smallest absolute Gasteiger partial charge is 0.293 e. The van der Waals surface area contributed by atoms with Crippen LogP contribution in [0.3, 0.4) is 0 Å². The lowest BCUT2D eigenvalue weighted by Crippen LogP contribution is -2.40. The molecule has 2 aliphatic heterocycles. The molecule has 11 nitrogen and oxygen atoms in total. The normalized spacial score (nSPS) is 17.7. The highest BCUT2D eigenvalue weighted by Gasteiger charge is 2.34. The van der Waals surface area contributed by atoms with E-state index < -0.39 is 32.6 Å². The minimum Gasteiger partial charge on any atom is -0.379 e. The van der Waals surface area contributed by atoms with E-state index in [1.807, 2.05) is 30.3 Å². The van der Waals surface area contributed by atoms with E-state index in [4.69, 9.17) is 4.74 Å². The summed E-state index contributed by atoms with van der Waals surface area (Å²) >= 11 is 0.823. The molecular weight excluding hydrogens is 544 g/mol. The number of rotatable bonds is 7. The number of sulfonamides is 1. The van der Waals surface area contributed by atoms with Crippen molar-refractivity contribution in [3.8, 4) is 0 Å². The number of fused-ring (bicyclic) bond motifs is 1. The van der Waals surface area contributed by atoms with Crippen LogP contribution in [0.2, 0.25) is 0 Å². The molecular formula is C26H24N4O7S2. The zero-order valence-corrected chi connectivity index (χ0v) is 22.2. The largest absolute Gasteiger partial charge is 0.379 e. The van der Waals surface area contributed by atoms with E-state index in [0.717, 1.165) is 28.3 Å². The van der Waals surface area contributed by atoms with Crippen molar-refractivity contribution >= 4 is 55.8 Å². The molecule has 2 aliphatic rings. The maximum atomic E-state index is 13.1. The summed E-state index contributed by atoms with van der Waals surface area (Å²) in [5, 5.41) is 2.43. The molecule has 0 unspecified atom stereocenters. The van der Waals surface area contributed by atoms with Gasteiger partial charge in [-0.2, -0.15) is 4.31 Å². The number of hydrogen-bond acceptors (Lipinski definition) is 8. The third-order valence-corrected chi connectivity index (χ3v) is 9.06. The predicted molar refractivity (Wildman–Crippen MR) is 146 cm³/mol. The maximum Gasteiger partial charge on any atom is 0.293 e. The Hall–Kier alpha value is -3.78.